The first kappa shape index (κ1) is 9.02. The van der Waals surface area contributed by atoms with Crippen LogP contribution in [0.1, 0.15) is 10.7 Å². The van der Waals surface area contributed by atoms with Crippen LogP contribution in [0.2, 0.25) is 0 Å². The van der Waals surface area contributed by atoms with Crippen molar-refractivity contribution < 1.29 is 9.21 Å². The Labute approximate surface area is 84.7 Å². The number of para-hydroxylation sites is 1. The van der Waals surface area contributed by atoms with Crippen molar-refractivity contribution in [3.63, 3.8) is 0 Å². The monoisotopic (exact) mass is 210 g/mol. The number of carbonyl (C=O) groups excluding carboxylic acids is 1. The number of oxazole rings is 1. The molecule has 0 saturated carbocycles. The molecule has 0 aliphatic rings. The highest BCUT2D eigenvalue weighted by molar-refractivity contribution is 6.29. The highest BCUT2D eigenvalue weighted by Crippen LogP contribution is 2.21. The molecule has 0 aliphatic carbocycles. The number of nitrogens with zero attached hydrogens (tertiary/aromatic N) is 1. The van der Waals surface area contributed by atoms with Crippen LogP contribution in [0.25, 0.3) is 11.1 Å². The van der Waals surface area contributed by atoms with Crippen LogP contribution >= 0.6 is 11.6 Å². The molecule has 5 heteroatoms. The van der Waals surface area contributed by atoms with E-state index in [1.165, 1.54) is 0 Å². The van der Waals surface area contributed by atoms with Gasteiger partial charge in [-0.1, -0.05) is 6.07 Å². The fraction of sp³-hybridized carbons (Fsp3) is 0.111. The first-order valence-electron chi connectivity index (χ1n) is 3.96. The quantitative estimate of drug-likeness (QED) is 0.467. The predicted octanol–water partition coefficient (Wildman–Crippen LogP) is 1.83. The topological polar surface area (TPSA) is 69.1 Å². The largest absolute Gasteiger partial charge is 0.434 e. The zero-order chi connectivity index (χ0) is 10.1. The van der Waals surface area contributed by atoms with Gasteiger partial charge in [0.15, 0.2) is 5.58 Å². The average Bonchev–Trinajstić information content (AvgIpc) is 2.62. The van der Waals surface area contributed by atoms with Crippen LogP contribution in [0, 0.1) is 0 Å². The number of ketones is 1. The lowest BCUT2D eigenvalue weighted by atomic mass is 10.3. The second kappa shape index (κ2) is 3.31. The number of hydrogen-bond acceptors (Lipinski definition) is 4. The van der Waals surface area contributed by atoms with Gasteiger partial charge < -0.3 is 10.2 Å². The van der Waals surface area contributed by atoms with Gasteiger partial charge >= 0.3 is 0 Å². The summed E-state index contributed by atoms with van der Waals surface area (Å²) in [5.74, 6) is -0.484. The smallest absolute Gasteiger partial charge is 0.265 e. The number of rotatable bonds is 2. The maximum absolute atomic E-state index is 11.2. The van der Waals surface area contributed by atoms with Crippen LogP contribution in [0.15, 0.2) is 22.6 Å². The summed E-state index contributed by atoms with van der Waals surface area (Å²) in [6, 6.07) is 5.13. The molecular weight excluding hydrogens is 204 g/mol. The molecule has 0 aliphatic heterocycles. The number of benzene rings is 1. The molecule has 4 nitrogen and oxygen atoms in total. The summed E-state index contributed by atoms with van der Waals surface area (Å²) in [6.45, 7) is 0. The third-order valence-corrected chi connectivity index (χ3v) is 2.05. The molecule has 0 fully saturated rings. The summed E-state index contributed by atoms with van der Waals surface area (Å²) in [7, 11) is 0. The molecule has 0 spiro atoms. The van der Waals surface area contributed by atoms with Gasteiger partial charge in [-0.3, -0.25) is 4.79 Å². The number of alkyl halides is 1. The lowest BCUT2D eigenvalue weighted by Crippen LogP contribution is -1.99. The average molecular weight is 211 g/mol. The summed E-state index contributed by atoms with van der Waals surface area (Å²) in [4.78, 5) is 15.1. The SMILES string of the molecule is Nc1cccc2oc(C(=O)CCl)nc12. The van der Waals surface area contributed by atoms with Gasteiger partial charge in [-0.05, 0) is 12.1 Å². The minimum Gasteiger partial charge on any atom is -0.434 e. The molecule has 0 saturated heterocycles. The molecule has 0 atom stereocenters. The standard InChI is InChI=1S/C9H7ClN2O2/c10-4-6(13)9-12-8-5(11)2-1-3-7(8)14-9/h1-3H,4,11H2. The van der Waals surface area contributed by atoms with Gasteiger partial charge in [0.05, 0.1) is 11.6 Å². The molecular formula is C9H7ClN2O2. The third kappa shape index (κ3) is 1.33. The highest BCUT2D eigenvalue weighted by atomic mass is 35.5. The van der Waals surface area contributed by atoms with E-state index in [-0.39, 0.29) is 17.6 Å². The number of Topliss-reactive ketones (excluding diaryl/α,β-unsaturated/α-hetero) is 1. The van der Waals surface area contributed by atoms with Crippen LogP contribution < -0.4 is 5.73 Å². The van der Waals surface area contributed by atoms with Gasteiger partial charge in [0, 0.05) is 0 Å². The number of anilines is 1. The van der Waals surface area contributed by atoms with Gasteiger partial charge in [0.2, 0.25) is 5.78 Å². The number of aromatic nitrogens is 1. The first-order chi connectivity index (χ1) is 6.72. The molecule has 2 rings (SSSR count). The predicted molar refractivity (Wildman–Crippen MR) is 53.5 cm³/mol. The molecule has 1 aromatic carbocycles. The van der Waals surface area contributed by atoms with E-state index in [4.69, 9.17) is 21.8 Å². The van der Waals surface area contributed by atoms with Crippen LogP contribution in [-0.4, -0.2) is 16.6 Å². The fourth-order valence-corrected chi connectivity index (χ4v) is 1.26. The zero-order valence-corrected chi connectivity index (χ0v) is 7.91. The second-order valence-corrected chi connectivity index (χ2v) is 3.04. The maximum Gasteiger partial charge on any atom is 0.265 e. The summed E-state index contributed by atoms with van der Waals surface area (Å²) in [5, 5.41) is 0. The minimum atomic E-state index is -0.345. The van der Waals surface area contributed by atoms with E-state index in [9.17, 15) is 4.79 Å². The number of hydrogen-bond donors (Lipinski definition) is 1. The fourth-order valence-electron chi connectivity index (χ4n) is 1.15. The molecule has 14 heavy (non-hydrogen) atoms. The number of carbonyl (C=O) groups is 1. The van der Waals surface area contributed by atoms with Crippen molar-refractivity contribution in [2.75, 3.05) is 11.6 Å². The Balaban J connectivity index is 2.62. The molecule has 0 bridgehead atoms. The lowest BCUT2D eigenvalue weighted by molar-refractivity contribution is 0.0986. The Morgan fingerprint density at radius 1 is 1.57 bits per heavy atom. The van der Waals surface area contributed by atoms with Gasteiger partial charge in [0.1, 0.15) is 5.52 Å². The summed E-state index contributed by atoms with van der Waals surface area (Å²) >= 11 is 5.37. The lowest BCUT2D eigenvalue weighted by Gasteiger charge is -1.89. The van der Waals surface area contributed by atoms with Crippen LogP contribution in [0.3, 0.4) is 0 Å². The number of fused-ring (bicyclic) bond motifs is 1. The molecule has 0 unspecified atom stereocenters. The van der Waals surface area contributed by atoms with Crippen molar-refractivity contribution in [3.8, 4) is 0 Å². The van der Waals surface area contributed by atoms with E-state index >= 15 is 0 Å². The summed E-state index contributed by atoms with van der Waals surface area (Å²) < 4.78 is 5.18. The molecule has 1 heterocycles. The Bertz CT molecular complexity index is 493. The Hall–Kier alpha value is -1.55. The minimum absolute atomic E-state index is 0.00731. The van der Waals surface area contributed by atoms with Crippen molar-refractivity contribution >= 4 is 34.2 Å². The molecule has 72 valence electrons. The second-order valence-electron chi connectivity index (χ2n) is 2.77. The van der Waals surface area contributed by atoms with Crippen molar-refractivity contribution in [1.29, 1.82) is 0 Å². The number of halogens is 1. The van der Waals surface area contributed by atoms with Gasteiger partial charge in [0.25, 0.3) is 5.89 Å². The highest BCUT2D eigenvalue weighted by Gasteiger charge is 2.13. The molecule has 2 N–H and O–H groups in total. The Kier molecular flexibility index (Phi) is 2.13. The normalized spacial score (nSPS) is 10.6. The van der Waals surface area contributed by atoms with E-state index in [0.29, 0.717) is 16.8 Å². The summed E-state index contributed by atoms with van der Waals surface area (Å²) in [6.07, 6.45) is 0. The van der Waals surface area contributed by atoms with Crippen molar-refractivity contribution in [1.82, 2.24) is 4.98 Å². The molecule has 0 radical (unpaired) electrons. The molecule has 0 amide bonds. The Morgan fingerprint density at radius 3 is 3.00 bits per heavy atom. The Morgan fingerprint density at radius 2 is 2.36 bits per heavy atom. The first-order valence-corrected chi connectivity index (χ1v) is 4.50. The molecule has 1 aromatic heterocycles. The van der Waals surface area contributed by atoms with Crippen molar-refractivity contribution in [2.24, 2.45) is 0 Å². The van der Waals surface area contributed by atoms with Crippen molar-refractivity contribution in [3.05, 3.63) is 24.1 Å². The zero-order valence-electron chi connectivity index (χ0n) is 7.16. The van der Waals surface area contributed by atoms with Gasteiger partial charge in [-0.2, -0.15) is 0 Å². The van der Waals surface area contributed by atoms with Crippen LogP contribution in [0.4, 0.5) is 5.69 Å². The summed E-state index contributed by atoms with van der Waals surface area (Å²) in [5.41, 5.74) is 7.13. The van der Waals surface area contributed by atoms with E-state index < -0.39 is 0 Å². The van der Waals surface area contributed by atoms with E-state index in [1.807, 2.05) is 0 Å². The van der Waals surface area contributed by atoms with Crippen molar-refractivity contribution in [2.45, 2.75) is 0 Å². The van der Waals surface area contributed by atoms with Gasteiger partial charge in [-0.25, -0.2) is 4.98 Å². The molecule has 2 aromatic rings. The number of nitrogen functional groups attached to an aromatic ring is 1. The van der Waals surface area contributed by atoms with E-state index in [1.54, 1.807) is 18.2 Å². The van der Waals surface area contributed by atoms with Crippen LogP contribution in [0.5, 0.6) is 0 Å². The van der Waals surface area contributed by atoms with E-state index in [2.05, 4.69) is 4.98 Å². The van der Waals surface area contributed by atoms with Gasteiger partial charge in [-0.15, -0.1) is 11.6 Å². The maximum atomic E-state index is 11.2. The number of nitrogens with two attached hydrogens (primary N) is 1. The van der Waals surface area contributed by atoms with E-state index in [0.717, 1.165) is 0 Å². The third-order valence-electron chi connectivity index (χ3n) is 1.81. The van der Waals surface area contributed by atoms with Crippen LogP contribution in [-0.2, 0) is 0 Å².